The highest BCUT2D eigenvalue weighted by molar-refractivity contribution is 5.44. The van der Waals surface area contributed by atoms with E-state index in [2.05, 4.69) is 39.6 Å². The van der Waals surface area contributed by atoms with Gasteiger partial charge in [-0.25, -0.2) is 4.98 Å². The van der Waals surface area contributed by atoms with E-state index in [1.165, 1.54) is 5.56 Å². The number of benzene rings is 1. The predicted molar refractivity (Wildman–Crippen MR) is 80.5 cm³/mol. The quantitative estimate of drug-likeness (QED) is 0.768. The molecule has 5 heteroatoms. The van der Waals surface area contributed by atoms with Gasteiger partial charge in [-0.2, -0.15) is 4.98 Å². The molecule has 3 rings (SSSR count). The molecule has 20 heavy (non-hydrogen) atoms. The number of hydrogen-bond donors (Lipinski definition) is 3. The molecule has 0 amide bonds. The highest BCUT2D eigenvalue weighted by Crippen LogP contribution is 2.54. The lowest BCUT2D eigenvalue weighted by Crippen LogP contribution is -2.15. The molecule has 2 unspecified atom stereocenters. The molecule has 5 N–H and O–H groups in total. The van der Waals surface area contributed by atoms with Gasteiger partial charge in [0.1, 0.15) is 5.82 Å². The third-order valence-corrected chi connectivity index (χ3v) is 3.61. The third-order valence-electron chi connectivity index (χ3n) is 3.61. The van der Waals surface area contributed by atoms with Crippen LogP contribution in [0.1, 0.15) is 29.5 Å². The molecule has 0 radical (unpaired) electrons. The molecule has 1 aromatic heterocycles. The second kappa shape index (κ2) is 5.46. The van der Waals surface area contributed by atoms with Crippen LogP contribution in [0, 0.1) is 0 Å². The first-order chi connectivity index (χ1) is 9.78. The van der Waals surface area contributed by atoms with Crippen molar-refractivity contribution in [1.29, 1.82) is 0 Å². The molecule has 0 spiro atoms. The van der Waals surface area contributed by atoms with E-state index in [1.807, 2.05) is 12.1 Å². The SMILES string of the molecule is NCCNc1cc(C2CC2c2ccccc2)nc(N)n1. The van der Waals surface area contributed by atoms with Crippen molar-refractivity contribution in [3.8, 4) is 0 Å². The van der Waals surface area contributed by atoms with Gasteiger partial charge >= 0.3 is 0 Å². The molecule has 1 aliphatic carbocycles. The molecule has 104 valence electrons. The summed E-state index contributed by atoms with van der Waals surface area (Å²) in [6.45, 7) is 1.25. The molecule has 1 fully saturated rings. The van der Waals surface area contributed by atoms with E-state index in [-0.39, 0.29) is 0 Å². The molecule has 0 bridgehead atoms. The Bertz CT molecular complexity index is 584. The number of rotatable bonds is 5. The predicted octanol–water partition coefficient (Wildman–Crippen LogP) is 1.70. The van der Waals surface area contributed by atoms with Crippen LogP contribution >= 0.6 is 0 Å². The van der Waals surface area contributed by atoms with Crippen molar-refractivity contribution in [2.45, 2.75) is 18.3 Å². The fourth-order valence-corrected chi connectivity index (χ4v) is 2.56. The van der Waals surface area contributed by atoms with Crippen LogP contribution in [0.2, 0.25) is 0 Å². The average Bonchev–Trinajstić information content (AvgIpc) is 3.26. The summed E-state index contributed by atoms with van der Waals surface area (Å²) in [6, 6.07) is 12.5. The minimum atomic E-state index is 0.320. The van der Waals surface area contributed by atoms with Crippen LogP contribution in [0.15, 0.2) is 36.4 Å². The highest BCUT2D eigenvalue weighted by Gasteiger charge is 2.40. The van der Waals surface area contributed by atoms with Gasteiger partial charge in [0.25, 0.3) is 0 Å². The Labute approximate surface area is 118 Å². The molecule has 2 aromatic rings. The Balaban J connectivity index is 1.77. The zero-order chi connectivity index (χ0) is 13.9. The van der Waals surface area contributed by atoms with Crippen LogP contribution in [0.25, 0.3) is 0 Å². The van der Waals surface area contributed by atoms with Crippen molar-refractivity contribution in [2.24, 2.45) is 5.73 Å². The Morgan fingerprint density at radius 3 is 2.70 bits per heavy atom. The zero-order valence-electron chi connectivity index (χ0n) is 11.3. The summed E-state index contributed by atoms with van der Waals surface area (Å²) in [5, 5.41) is 3.16. The van der Waals surface area contributed by atoms with Crippen LogP contribution < -0.4 is 16.8 Å². The number of hydrogen-bond acceptors (Lipinski definition) is 5. The Morgan fingerprint density at radius 2 is 1.95 bits per heavy atom. The van der Waals surface area contributed by atoms with Gasteiger partial charge in [-0.05, 0) is 17.9 Å². The number of nitrogens with zero attached hydrogens (tertiary/aromatic N) is 2. The summed E-state index contributed by atoms with van der Waals surface area (Å²) in [5.41, 5.74) is 13.7. The number of anilines is 2. The van der Waals surface area contributed by atoms with Crippen molar-refractivity contribution < 1.29 is 0 Å². The molecule has 1 saturated carbocycles. The van der Waals surface area contributed by atoms with Crippen LogP contribution in [0.3, 0.4) is 0 Å². The standard InChI is InChI=1S/C15H19N5/c16-6-7-18-14-9-13(19-15(17)20-14)12-8-11(12)10-4-2-1-3-5-10/h1-5,9,11-12H,6-8,16H2,(H3,17,18,19,20). The molecular weight excluding hydrogens is 250 g/mol. The van der Waals surface area contributed by atoms with Gasteiger partial charge in [-0.1, -0.05) is 30.3 Å². The van der Waals surface area contributed by atoms with E-state index in [1.54, 1.807) is 0 Å². The molecular formula is C15H19N5. The van der Waals surface area contributed by atoms with Crippen molar-refractivity contribution in [1.82, 2.24) is 9.97 Å². The van der Waals surface area contributed by atoms with Gasteiger partial charge in [0.2, 0.25) is 5.95 Å². The molecule has 1 aliphatic rings. The fourth-order valence-electron chi connectivity index (χ4n) is 2.56. The Kier molecular flexibility index (Phi) is 3.52. The first-order valence-electron chi connectivity index (χ1n) is 6.91. The van der Waals surface area contributed by atoms with Gasteiger partial charge in [-0.3, -0.25) is 0 Å². The molecule has 0 aliphatic heterocycles. The first kappa shape index (κ1) is 12.9. The summed E-state index contributed by atoms with van der Waals surface area (Å²) in [7, 11) is 0. The van der Waals surface area contributed by atoms with Gasteiger partial charge < -0.3 is 16.8 Å². The maximum atomic E-state index is 5.79. The summed E-state index contributed by atoms with van der Waals surface area (Å²) >= 11 is 0. The van der Waals surface area contributed by atoms with E-state index < -0.39 is 0 Å². The van der Waals surface area contributed by atoms with Gasteiger partial charge in [-0.15, -0.1) is 0 Å². The monoisotopic (exact) mass is 269 g/mol. The Hall–Kier alpha value is -2.14. The van der Waals surface area contributed by atoms with Crippen LogP contribution in [0.5, 0.6) is 0 Å². The lowest BCUT2D eigenvalue weighted by Gasteiger charge is -2.07. The number of nitrogen functional groups attached to an aromatic ring is 1. The first-order valence-corrected chi connectivity index (χ1v) is 6.91. The molecule has 1 aromatic carbocycles. The summed E-state index contributed by atoms with van der Waals surface area (Å²) in [6.07, 6.45) is 1.12. The molecule has 0 saturated heterocycles. The van der Waals surface area contributed by atoms with Crippen molar-refractivity contribution in [3.63, 3.8) is 0 Å². The van der Waals surface area contributed by atoms with Crippen molar-refractivity contribution in [3.05, 3.63) is 47.7 Å². The van der Waals surface area contributed by atoms with E-state index in [0.717, 1.165) is 17.9 Å². The maximum absolute atomic E-state index is 5.79. The van der Waals surface area contributed by atoms with Crippen molar-refractivity contribution in [2.75, 3.05) is 24.1 Å². The fraction of sp³-hybridized carbons (Fsp3) is 0.333. The van der Waals surface area contributed by atoms with E-state index in [4.69, 9.17) is 11.5 Å². The van der Waals surface area contributed by atoms with E-state index in [9.17, 15) is 0 Å². The van der Waals surface area contributed by atoms with Crippen molar-refractivity contribution >= 4 is 11.8 Å². The number of nitrogens with two attached hydrogens (primary N) is 2. The molecule has 1 heterocycles. The molecule has 2 atom stereocenters. The minimum Gasteiger partial charge on any atom is -0.369 e. The lowest BCUT2D eigenvalue weighted by atomic mass is 10.1. The zero-order valence-corrected chi connectivity index (χ0v) is 11.3. The third kappa shape index (κ3) is 2.72. The summed E-state index contributed by atoms with van der Waals surface area (Å²) in [4.78, 5) is 8.55. The number of aromatic nitrogens is 2. The second-order valence-corrected chi connectivity index (χ2v) is 5.11. The van der Waals surface area contributed by atoms with E-state index >= 15 is 0 Å². The smallest absolute Gasteiger partial charge is 0.222 e. The van der Waals surface area contributed by atoms with Crippen LogP contribution in [-0.4, -0.2) is 23.1 Å². The second-order valence-electron chi connectivity index (χ2n) is 5.11. The maximum Gasteiger partial charge on any atom is 0.222 e. The van der Waals surface area contributed by atoms with E-state index in [0.29, 0.717) is 30.9 Å². The van der Waals surface area contributed by atoms with Gasteiger partial charge in [0, 0.05) is 25.1 Å². The summed E-state index contributed by atoms with van der Waals surface area (Å²) < 4.78 is 0. The average molecular weight is 269 g/mol. The van der Waals surface area contributed by atoms with Crippen LogP contribution in [0.4, 0.5) is 11.8 Å². The van der Waals surface area contributed by atoms with Gasteiger partial charge in [0.05, 0.1) is 5.69 Å². The van der Waals surface area contributed by atoms with Crippen LogP contribution in [-0.2, 0) is 0 Å². The Morgan fingerprint density at radius 1 is 1.15 bits per heavy atom. The summed E-state index contributed by atoms with van der Waals surface area (Å²) in [5.74, 6) is 2.08. The normalized spacial score (nSPS) is 20.6. The largest absolute Gasteiger partial charge is 0.369 e. The number of nitrogens with one attached hydrogen (secondary N) is 1. The topological polar surface area (TPSA) is 89.8 Å². The lowest BCUT2D eigenvalue weighted by molar-refractivity contribution is 0.943. The minimum absolute atomic E-state index is 0.320. The van der Waals surface area contributed by atoms with Gasteiger partial charge in [0.15, 0.2) is 0 Å². The highest BCUT2D eigenvalue weighted by atomic mass is 15.1. The molecule has 5 nitrogen and oxygen atoms in total.